The first kappa shape index (κ1) is 16.3. The Morgan fingerprint density at radius 3 is 3.04 bits per heavy atom. The van der Waals surface area contributed by atoms with Gasteiger partial charge in [-0.2, -0.15) is 0 Å². The van der Waals surface area contributed by atoms with Gasteiger partial charge >= 0.3 is 0 Å². The summed E-state index contributed by atoms with van der Waals surface area (Å²) in [7, 11) is 0. The van der Waals surface area contributed by atoms with E-state index in [1.165, 1.54) is 0 Å². The number of carbonyl (C=O) groups is 1. The van der Waals surface area contributed by atoms with Gasteiger partial charge in [-0.05, 0) is 30.7 Å². The molecule has 132 valence electrons. The molecule has 0 N–H and O–H groups in total. The van der Waals surface area contributed by atoms with Crippen molar-refractivity contribution < 1.29 is 13.9 Å². The van der Waals surface area contributed by atoms with Gasteiger partial charge in [-0.1, -0.05) is 0 Å². The smallest absolute Gasteiger partial charge is 0.255 e. The minimum atomic E-state index is 0.0467. The van der Waals surface area contributed by atoms with Crippen molar-refractivity contribution in [1.29, 1.82) is 0 Å². The van der Waals surface area contributed by atoms with Crippen LogP contribution in [0, 0.1) is 12.8 Å². The van der Waals surface area contributed by atoms with E-state index in [1.54, 1.807) is 18.7 Å². The Kier molecular flexibility index (Phi) is 4.55. The number of hydrogen-bond acceptors (Lipinski definition) is 5. The molecule has 0 aromatic carbocycles. The van der Waals surface area contributed by atoms with Crippen LogP contribution in [-0.2, 0) is 11.3 Å². The minimum absolute atomic E-state index is 0.0467. The molecule has 4 heterocycles. The van der Waals surface area contributed by atoms with Crippen LogP contribution in [0.25, 0.3) is 0 Å². The minimum Gasteiger partial charge on any atom is -0.468 e. The van der Waals surface area contributed by atoms with Crippen molar-refractivity contribution in [3.8, 4) is 0 Å². The van der Waals surface area contributed by atoms with E-state index in [2.05, 4.69) is 9.88 Å². The van der Waals surface area contributed by atoms with Gasteiger partial charge < -0.3 is 14.1 Å². The summed E-state index contributed by atoms with van der Waals surface area (Å²) in [5.41, 5.74) is 1.66. The number of aryl methyl sites for hydroxylation is 1. The maximum atomic E-state index is 12.8. The van der Waals surface area contributed by atoms with Crippen LogP contribution >= 0.6 is 0 Å². The highest BCUT2D eigenvalue weighted by atomic mass is 16.5. The molecule has 2 aliphatic rings. The number of hydrogen-bond donors (Lipinski definition) is 0. The number of pyridine rings is 1. The second-order valence-electron chi connectivity index (χ2n) is 6.94. The van der Waals surface area contributed by atoms with E-state index in [0.717, 1.165) is 37.5 Å². The van der Waals surface area contributed by atoms with Gasteiger partial charge in [-0.3, -0.25) is 14.7 Å². The number of furan rings is 1. The molecule has 2 aromatic heterocycles. The molecule has 0 spiro atoms. The van der Waals surface area contributed by atoms with E-state index >= 15 is 0 Å². The van der Waals surface area contributed by atoms with Crippen LogP contribution in [0.1, 0.15) is 21.7 Å². The van der Waals surface area contributed by atoms with E-state index < -0.39 is 0 Å². The molecule has 25 heavy (non-hydrogen) atoms. The molecule has 1 amide bonds. The van der Waals surface area contributed by atoms with Crippen LogP contribution in [0.4, 0.5) is 0 Å². The quantitative estimate of drug-likeness (QED) is 0.854. The van der Waals surface area contributed by atoms with Crippen LogP contribution in [0.5, 0.6) is 0 Å². The fourth-order valence-corrected chi connectivity index (χ4v) is 3.75. The molecule has 2 saturated heterocycles. The molecule has 6 heteroatoms. The summed E-state index contributed by atoms with van der Waals surface area (Å²) in [4.78, 5) is 21.2. The first-order valence-corrected chi connectivity index (χ1v) is 8.76. The lowest BCUT2D eigenvalue weighted by Gasteiger charge is -2.22. The molecular weight excluding hydrogens is 318 g/mol. The van der Waals surface area contributed by atoms with Crippen LogP contribution in [-0.4, -0.2) is 59.6 Å². The van der Waals surface area contributed by atoms with Gasteiger partial charge in [0.1, 0.15) is 5.76 Å². The van der Waals surface area contributed by atoms with Crippen molar-refractivity contribution in [2.24, 2.45) is 5.92 Å². The van der Waals surface area contributed by atoms with Gasteiger partial charge in [0.2, 0.25) is 0 Å². The Balaban J connectivity index is 1.42. The number of rotatable bonds is 3. The molecule has 0 unspecified atom stereocenters. The van der Waals surface area contributed by atoms with Crippen LogP contribution < -0.4 is 0 Å². The predicted molar refractivity (Wildman–Crippen MR) is 92.1 cm³/mol. The maximum Gasteiger partial charge on any atom is 0.255 e. The first-order valence-electron chi connectivity index (χ1n) is 8.76. The number of likely N-dealkylation sites (tertiary alicyclic amines) is 1. The molecule has 0 saturated carbocycles. The first-order chi connectivity index (χ1) is 12.2. The fourth-order valence-electron chi connectivity index (χ4n) is 3.75. The van der Waals surface area contributed by atoms with Crippen LogP contribution in [0.3, 0.4) is 0 Å². The zero-order valence-corrected chi connectivity index (χ0v) is 14.4. The van der Waals surface area contributed by atoms with Gasteiger partial charge in [-0.15, -0.1) is 0 Å². The maximum absolute atomic E-state index is 12.8. The van der Waals surface area contributed by atoms with Gasteiger partial charge in [0.25, 0.3) is 5.91 Å². The summed E-state index contributed by atoms with van der Waals surface area (Å²) in [6, 6.07) is 5.81. The van der Waals surface area contributed by atoms with Gasteiger partial charge in [0, 0.05) is 44.5 Å². The van der Waals surface area contributed by atoms with Crippen LogP contribution in [0.2, 0.25) is 0 Å². The lowest BCUT2D eigenvalue weighted by Crippen LogP contribution is -2.33. The number of aromatic nitrogens is 1. The largest absolute Gasteiger partial charge is 0.468 e. The number of carbonyl (C=O) groups excluding carboxylic acids is 1. The van der Waals surface area contributed by atoms with Crippen molar-refractivity contribution in [2.75, 3.05) is 32.8 Å². The average Bonchev–Trinajstić information content (AvgIpc) is 3.21. The average molecular weight is 341 g/mol. The Morgan fingerprint density at radius 1 is 1.32 bits per heavy atom. The number of fused-ring (bicyclic) bond motifs is 1. The fraction of sp³-hybridized carbons (Fsp3) is 0.474. The summed E-state index contributed by atoms with van der Waals surface area (Å²) in [5, 5.41) is 0. The molecule has 0 bridgehead atoms. The highest BCUT2D eigenvalue weighted by Crippen LogP contribution is 2.26. The molecular formula is C19H23N3O3. The Morgan fingerprint density at radius 2 is 2.24 bits per heavy atom. The van der Waals surface area contributed by atoms with E-state index in [0.29, 0.717) is 24.6 Å². The van der Waals surface area contributed by atoms with E-state index in [9.17, 15) is 4.79 Å². The van der Waals surface area contributed by atoms with Crippen molar-refractivity contribution in [2.45, 2.75) is 19.6 Å². The molecule has 2 atom stereocenters. The Bertz CT molecular complexity index is 731. The lowest BCUT2D eigenvalue weighted by molar-refractivity contribution is 0.0482. The third-order valence-electron chi connectivity index (χ3n) is 4.98. The summed E-state index contributed by atoms with van der Waals surface area (Å²) in [6.07, 6.45) is 5.23. The summed E-state index contributed by atoms with van der Waals surface area (Å²) in [6.45, 7) is 6.63. The second-order valence-corrected chi connectivity index (χ2v) is 6.94. The molecule has 6 nitrogen and oxygen atoms in total. The Hall–Kier alpha value is -2.18. The predicted octanol–water partition coefficient (Wildman–Crippen LogP) is 1.96. The second kappa shape index (κ2) is 6.98. The normalized spacial score (nSPS) is 24.1. The SMILES string of the molecule is Cc1cncc(C(=O)N2C[C@@H]3CN(Cc4ccco4)CCO[C@@H]3C2)c1. The van der Waals surface area contributed by atoms with Crippen molar-refractivity contribution in [1.82, 2.24) is 14.8 Å². The summed E-state index contributed by atoms with van der Waals surface area (Å²) < 4.78 is 11.5. The highest BCUT2D eigenvalue weighted by molar-refractivity contribution is 5.94. The summed E-state index contributed by atoms with van der Waals surface area (Å²) >= 11 is 0. The number of nitrogens with zero attached hydrogens (tertiary/aromatic N) is 3. The molecule has 4 rings (SSSR count). The third-order valence-corrected chi connectivity index (χ3v) is 4.98. The molecule has 2 aromatic rings. The highest BCUT2D eigenvalue weighted by Gasteiger charge is 2.38. The molecule has 0 radical (unpaired) electrons. The standard InChI is InChI=1S/C19H23N3O3/c1-14-7-15(9-20-8-14)19(23)22-11-16-10-21(4-6-25-18(16)13-22)12-17-3-2-5-24-17/h2-3,5,7-9,16,18H,4,6,10-13H2,1H3/t16-,18+/m0/s1. The van der Waals surface area contributed by atoms with E-state index in [1.807, 2.05) is 30.0 Å². The lowest BCUT2D eigenvalue weighted by atomic mass is 10.1. The monoisotopic (exact) mass is 341 g/mol. The topological polar surface area (TPSA) is 58.8 Å². The number of ether oxygens (including phenoxy) is 1. The number of amides is 1. The van der Waals surface area contributed by atoms with Crippen molar-refractivity contribution >= 4 is 5.91 Å². The van der Waals surface area contributed by atoms with E-state index in [-0.39, 0.29) is 12.0 Å². The molecule has 0 aliphatic carbocycles. The zero-order valence-electron chi connectivity index (χ0n) is 14.4. The Labute approximate surface area is 147 Å². The van der Waals surface area contributed by atoms with Gasteiger partial charge in [0.15, 0.2) is 0 Å². The third kappa shape index (κ3) is 3.60. The van der Waals surface area contributed by atoms with Crippen molar-refractivity contribution in [3.05, 3.63) is 53.7 Å². The van der Waals surface area contributed by atoms with Crippen molar-refractivity contribution in [3.63, 3.8) is 0 Å². The molecule has 2 fully saturated rings. The van der Waals surface area contributed by atoms with Gasteiger partial charge in [-0.25, -0.2) is 0 Å². The summed E-state index contributed by atoms with van der Waals surface area (Å²) in [5.74, 6) is 1.35. The molecule has 2 aliphatic heterocycles. The van der Waals surface area contributed by atoms with Gasteiger partial charge in [0.05, 0.1) is 31.1 Å². The zero-order chi connectivity index (χ0) is 17.2. The van der Waals surface area contributed by atoms with Crippen LogP contribution in [0.15, 0.2) is 41.3 Å². The van der Waals surface area contributed by atoms with E-state index in [4.69, 9.17) is 9.15 Å².